The Morgan fingerprint density at radius 2 is 1.65 bits per heavy atom. The van der Waals surface area contributed by atoms with Gasteiger partial charge in [0, 0.05) is 44.1 Å². The van der Waals surface area contributed by atoms with E-state index in [0.717, 1.165) is 43.8 Å². The Labute approximate surface area is 137 Å². The fourth-order valence-electron chi connectivity index (χ4n) is 2.63. The molecule has 122 valence electrons. The summed E-state index contributed by atoms with van der Waals surface area (Å²) in [5.41, 5.74) is -0.0106. The highest BCUT2D eigenvalue weighted by Crippen LogP contribution is 2.18. The van der Waals surface area contributed by atoms with Gasteiger partial charge in [0.15, 0.2) is 0 Å². The van der Waals surface area contributed by atoms with Crippen molar-refractivity contribution in [3.8, 4) is 0 Å². The number of aromatic nitrogens is 3. The molecule has 0 aromatic carbocycles. The van der Waals surface area contributed by atoms with E-state index in [2.05, 4.69) is 56.9 Å². The second kappa shape index (κ2) is 6.40. The lowest BCUT2D eigenvalue weighted by molar-refractivity contribution is 0.622. The molecule has 3 heterocycles. The zero-order valence-electron chi connectivity index (χ0n) is 14.0. The van der Waals surface area contributed by atoms with E-state index in [1.165, 1.54) is 0 Å². The maximum atomic E-state index is 4.65. The lowest BCUT2D eigenvalue weighted by Crippen LogP contribution is -2.47. The lowest BCUT2D eigenvalue weighted by atomic mass is 10.1. The Balaban J connectivity index is 1.65. The van der Waals surface area contributed by atoms with Gasteiger partial charge in [-0.2, -0.15) is 4.98 Å². The van der Waals surface area contributed by atoms with E-state index in [1.807, 2.05) is 30.6 Å². The molecule has 1 fully saturated rings. The van der Waals surface area contributed by atoms with Gasteiger partial charge in [-0.1, -0.05) is 6.07 Å². The largest absolute Gasteiger partial charge is 0.365 e. The maximum absolute atomic E-state index is 4.65. The van der Waals surface area contributed by atoms with Gasteiger partial charge in [-0.3, -0.25) is 0 Å². The number of nitrogens with one attached hydrogen (secondary N) is 1. The van der Waals surface area contributed by atoms with Crippen LogP contribution >= 0.6 is 0 Å². The SMILES string of the molecule is CC(C)(C)Nc1ccnc(N2CCN(c3ccccn3)CC2)n1. The number of pyridine rings is 1. The van der Waals surface area contributed by atoms with Gasteiger partial charge in [0.25, 0.3) is 0 Å². The molecule has 2 aromatic rings. The molecule has 0 radical (unpaired) electrons. The quantitative estimate of drug-likeness (QED) is 0.939. The molecular weight excluding hydrogens is 288 g/mol. The number of hydrogen-bond donors (Lipinski definition) is 1. The van der Waals surface area contributed by atoms with E-state index in [0.29, 0.717) is 0 Å². The Bertz CT molecular complexity index is 629. The minimum atomic E-state index is -0.0106. The van der Waals surface area contributed by atoms with Crippen molar-refractivity contribution in [3.05, 3.63) is 36.7 Å². The molecule has 1 N–H and O–H groups in total. The minimum absolute atomic E-state index is 0.0106. The smallest absolute Gasteiger partial charge is 0.227 e. The molecule has 1 aliphatic heterocycles. The number of rotatable bonds is 3. The fraction of sp³-hybridized carbons (Fsp3) is 0.471. The monoisotopic (exact) mass is 312 g/mol. The first-order valence-electron chi connectivity index (χ1n) is 8.03. The number of hydrogen-bond acceptors (Lipinski definition) is 6. The first kappa shape index (κ1) is 15.5. The fourth-order valence-corrected chi connectivity index (χ4v) is 2.63. The number of piperazine rings is 1. The Morgan fingerprint density at radius 3 is 2.30 bits per heavy atom. The van der Waals surface area contributed by atoms with Crippen LogP contribution in [0.5, 0.6) is 0 Å². The van der Waals surface area contributed by atoms with Gasteiger partial charge >= 0.3 is 0 Å². The van der Waals surface area contributed by atoms with Crippen molar-refractivity contribution >= 4 is 17.6 Å². The first-order chi connectivity index (χ1) is 11.0. The van der Waals surface area contributed by atoms with Gasteiger partial charge in [0.2, 0.25) is 5.95 Å². The van der Waals surface area contributed by atoms with E-state index in [4.69, 9.17) is 0 Å². The molecule has 6 nitrogen and oxygen atoms in total. The van der Waals surface area contributed by atoms with Crippen LogP contribution in [0.1, 0.15) is 20.8 Å². The Kier molecular flexibility index (Phi) is 4.32. The molecule has 0 saturated carbocycles. The summed E-state index contributed by atoms with van der Waals surface area (Å²) in [5, 5.41) is 3.40. The average Bonchev–Trinajstić information content (AvgIpc) is 2.55. The number of nitrogens with zero attached hydrogens (tertiary/aromatic N) is 5. The zero-order chi connectivity index (χ0) is 16.3. The van der Waals surface area contributed by atoms with E-state index < -0.39 is 0 Å². The molecule has 0 bridgehead atoms. The van der Waals surface area contributed by atoms with Crippen molar-refractivity contribution < 1.29 is 0 Å². The van der Waals surface area contributed by atoms with Crippen molar-refractivity contribution in [2.75, 3.05) is 41.3 Å². The zero-order valence-corrected chi connectivity index (χ0v) is 14.0. The standard InChI is InChI=1S/C17H24N6/c1-17(2,3)21-14-7-9-19-16(20-14)23-12-10-22(11-13-23)15-6-4-5-8-18-15/h4-9H,10-13H2,1-3H3,(H,19,20,21). The Hall–Kier alpha value is -2.37. The lowest BCUT2D eigenvalue weighted by Gasteiger charge is -2.35. The summed E-state index contributed by atoms with van der Waals surface area (Å²) in [4.78, 5) is 18.0. The molecule has 0 unspecified atom stereocenters. The summed E-state index contributed by atoms with van der Waals surface area (Å²) >= 11 is 0. The van der Waals surface area contributed by atoms with Crippen LogP contribution in [0.25, 0.3) is 0 Å². The molecule has 2 aromatic heterocycles. The summed E-state index contributed by atoms with van der Waals surface area (Å²) < 4.78 is 0. The molecular formula is C17H24N6. The third-order valence-electron chi connectivity index (χ3n) is 3.68. The van der Waals surface area contributed by atoms with Crippen molar-refractivity contribution in [2.45, 2.75) is 26.3 Å². The normalized spacial score (nSPS) is 15.6. The second-order valence-electron chi connectivity index (χ2n) is 6.78. The van der Waals surface area contributed by atoms with Gasteiger partial charge in [-0.25, -0.2) is 9.97 Å². The van der Waals surface area contributed by atoms with Gasteiger partial charge in [-0.05, 0) is 39.0 Å². The van der Waals surface area contributed by atoms with Crippen molar-refractivity contribution in [2.24, 2.45) is 0 Å². The van der Waals surface area contributed by atoms with E-state index >= 15 is 0 Å². The summed E-state index contributed by atoms with van der Waals surface area (Å²) in [5.74, 6) is 2.70. The molecule has 1 aliphatic rings. The van der Waals surface area contributed by atoms with E-state index in [-0.39, 0.29) is 5.54 Å². The summed E-state index contributed by atoms with van der Waals surface area (Å²) in [7, 11) is 0. The third-order valence-corrected chi connectivity index (χ3v) is 3.68. The third kappa shape index (κ3) is 4.09. The summed E-state index contributed by atoms with van der Waals surface area (Å²) in [6, 6.07) is 7.94. The summed E-state index contributed by atoms with van der Waals surface area (Å²) in [6.07, 6.45) is 3.66. The number of anilines is 3. The maximum Gasteiger partial charge on any atom is 0.227 e. The van der Waals surface area contributed by atoms with Crippen LogP contribution in [0.4, 0.5) is 17.6 Å². The van der Waals surface area contributed by atoms with E-state index in [1.54, 1.807) is 0 Å². The predicted molar refractivity (Wildman–Crippen MR) is 94.1 cm³/mol. The highest BCUT2D eigenvalue weighted by atomic mass is 15.3. The molecule has 0 spiro atoms. The van der Waals surface area contributed by atoms with Crippen molar-refractivity contribution in [3.63, 3.8) is 0 Å². The molecule has 1 saturated heterocycles. The van der Waals surface area contributed by atoms with Crippen molar-refractivity contribution in [1.82, 2.24) is 15.0 Å². The van der Waals surface area contributed by atoms with Crippen LogP contribution in [0.3, 0.4) is 0 Å². The molecule has 0 atom stereocenters. The summed E-state index contributed by atoms with van der Waals surface area (Å²) in [6.45, 7) is 10.0. The topological polar surface area (TPSA) is 57.2 Å². The van der Waals surface area contributed by atoms with Crippen molar-refractivity contribution in [1.29, 1.82) is 0 Å². The van der Waals surface area contributed by atoms with Crippen LogP contribution in [-0.2, 0) is 0 Å². The molecule has 3 rings (SSSR count). The van der Waals surface area contributed by atoms with Gasteiger partial charge in [-0.15, -0.1) is 0 Å². The Morgan fingerprint density at radius 1 is 0.913 bits per heavy atom. The van der Waals surface area contributed by atoms with Gasteiger partial charge < -0.3 is 15.1 Å². The predicted octanol–water partition coefficient (Wildman–Crippen LogP) is 2.41. The van der Waals surface area contributed by atoms with Gasteiger partial charge in [0.05, 0.1) is 0 Å². The van der Waals surface area contributed by atoms with Gasteiger partial charge in [0.1, 0.15) is 11.6 Å². The van der Waals surface area contributed by atoms with Crippen LogP contribution < -0.4 is 15.1 Å². The highest BCUT2D eigenvalue weighted by Gasteiger charge is 2.20. The van der Waals surface area contributed by atoms with Crippen LogP contribution in [0, 0.1) is 0 Å². The molecule has 23 heavy (non-hydrogen) atoms. The molecule has 0 amide bonds. The van der Waals surface area contributed by atoms with Crippen LogP contribution in [0.15, 0.2) is 36.7 Å². The minimum Gasteiger partial charge on any atom is -0.365 e. The van der Waals surface area contributed by atoms with E-state index in [9.17, 15) is 0 Å². The van der Waals surface area contributed by atoms with Crippen LogP contribution in [-0.4, -0.2) is 46.7 Å². The average molecular weight is 312 g/mol. The second-order valence-corrected chi connectivity index (χ2v) is 6.78. The highest BCUT2D eigenvalue weighted by molar-refractivity contribution is 5.45. The first-order valence-corrected chi connectivity index (χ1v) is 8.03. The molecule has 0 aliphatic carbocycles. The van der Waals surface area contributed by atoms with Crippen LogP contribution in [0.2, 0.25) is 0 Å². The molecule has 6 heteroatoms.